The number of hydrogen-bond donors (Lipinski definition) is 2. The molecular formula is C15H22N2O4. The van der Waals surface area contributed by atoms with Gasteiger partial charge in [-0.15, -0.1) is 0 Å². The molecule has 6 heteroatoms. The number of aliphatic hydroxyl groups is 1. The van der Waals surface area contributed by atoms with Gasteiger partial charge in [0.15, 0.2) is 0 Å². The molecule has 0 saturated heterocycles. The van der Waals surface area contributed by atoms with Gasteiger partial charge >= 0.3 is 6.09 Å². The SMILES string of the molecule is CC(C)(C)OC(=O)N(Cc1ccccc1)C(=O)[C@H](N)CO. The zero-order valence-electron chi connectivity index (χ0n) is 12.6. The Labute approximate surface area is 124 Å². The van der Waals surface area contributed by atoms with Crippen LogP contribution in [0.15, 0.2) is 30.3 Å². The number of nitrogens with zero attached hydrogens (tertiary/aromatic N) is 1. The molecule has 6 nitrogen and oxygen atoms in total. The number of amides is 2. The summed E-state index contributed by atoms with van der Waals surface area (Å²) in [5, 5.41) is 9.01. The first kappa shape index (κ1) is 17.1. The van der Waals surface area contributed by atoms with Crippen molar-refractivity contribution >= 4 is 12.0 Å². The summed E-state index contributed by atoms with van der Waals surface area (Å²) in [6.45, 7) is 4.64. The normalized spacial score (nSPS) is 12.6. The topological polar surface area (TPSA) is 92.9 Å². The number of ether oxygens (including phenoxy) is 1. The fraction of sp³-hybridized carbons (Fsp3) is 0.467. The summed E-state index contributed by atoms with van der Waals surface area (Å²) >= 11 is 0. The van der Waals surface area contributed by atoms with Gasteiger partial charge in [0.2, 0.25) is 0 Å². The lowest BCUT2D eigenvalue weighted by atomic mass is 10.2. The minimum Gasteiger partial charge on any atom is -0.443 e. The van der Waals surface area contributed by atoms with Crippen LogP contribution < -0.4 is 5.73 Å². The van der Waals surface area contributed by atoms with Crippen LogP contribution in [-0.4, -0.2) is 40.3 Å². The van der Waals surface area contributed by atoms with E-state index in [9.17, 15) is 9.59 Å². The van der Waals surface area contributed by atoms with E-state index in [4.69, 9.17) is 15.6 Å². The summed E-state index contributed by atoms with van der Waals surface area (Å²) in [4.78, 5) is 25.2. The van der Waals surface area contributed by atoms with Crippen molar-refractivity contribution in [2.45, 2.75) is 39.0 Å². The molecule has 0 unspecified atom stereocenters. The summed E-state index contributed by atoms with van der Waals surface area (Å²) in [6.07, 6.45) is -0.778. The van der Waals surface area contributed by atoms with Crippen molar-refractivity contribution in [1.82, 2.24) is 4.90 Å². The molecule has 0 bridgehead atoms. The second kappa shape index (κ2) is 7.19. The highest BCUT2D eigenvalue weighted by molar-refractivity contribution is 5.95. The van der Waals surface area contributed by atoms with Gasteiger partial charge in [0.1, 0.15) is 11.6 Å². The molecule has 0 spiro atoms. The van der Waals surface area contributed by atoms with Gasteiger partial charge in [-0.2, -0.15) is 0 Å². The van der Waals surface area contributed by atoms with E-state index in [-0.39, 0.29) is 6.54 Å². The van der Waals surface area contributed by atoms with Crippen molar-refractivity contribution in [3.8, 4) is 0 Å². The summed E-state index contributed by atoms with van der Waals surface area (Å²) < 4.78 is 5.22. The zero-order chi connectivity index (χ0) is 16.0. The van der Waals surface area contributed by atoms with Crippen molar-refractivity contribution in [1.29, 1.82) is 0 Å². The number of carbonyl (C=O) groups is 2. The fourth-order valence-electron chi connectivity index (χ4n) is 1.59. The largest absolute Gasteiger partial charge is 0.443 e. The smallest absolute Gasteiger partial charge is 0.417 e. The Hall–Kier alpha value is -1.92. The molecule has 21 heavy (non-hydrogen) atoms. The first-order valence-corrected chi connectivity index (χ1v) is 6.69. The molecule has 1 rings (SSSR count). The van der Waals surface area contributed by atoms with Gasteiger partial charge in [-0.3, -0.25) is 4.79 Å². The third-order valence-electron chi connectivity index (χ3n) is 2.58. The molecule has 3 N–H and O–H groups in total. The van der Waals surface area contributed by atoms with Crippen molar-refractivity contribution in [2.24, 2.45) is 5.73 Å². The standard InChI is InChI=1S/C15H22N2O4/c1-15(2,3)21-14(20)17(13(19)12(16)10-18)9-11-7-5-4-6-8-11/h4-8,12,18H,9-10,16H2,1-3H3/t12-/m1/s1. The van der Waals surface area contributed by atoms with Crippen LogP contribution in [0.3, 0.4) is 0 Å². The van der Waals surface area contributed by atoms with Crippen LogP contribution in [0.25, 0.3) is 0 Å². The van der Waals surface area contributed by atoms with E-state index in [2.05, 4.69) is 0 Å². The number of imide groups is 1. The van der Waals surface area contributed by atoms with Gasteiger partial charge in [-0.25, -0.2) is 9.69 Å². The molecule has 116 valence electrons. The molecule has 0 radical (unpaired) electrons. The molecule has 0 aromatic heterocycles. The molecule has 0 aliphatic rings. The predicted molar refractivity (Wildman–Crippen MR) is 78.3 cm³/mol. The Morgan fingerprint density at radius 2 is 1.86 bits per heavy atom. The average Bonchev–Trinajstić information content (AvgIpc) is 2.42. The van der Waals surface area contributed by atoms with Crippen LogP contribution in [0.4, 0.5) is 4.79 Å². The van der Waals surface area contributed by atoms with Gasteiger partial charge in [0, 0.05) is 0 Å². The van der Waals surface area contributed by atoms with Gasteiger partial charge < -0.3 is 15.6 Å². The van der Waals surface area contributed by atoms with Crippen LogP contribution in [-0.2, 0) is 16.1 Å². The highest BCUT2D eigenvalue weighted by Crippen LogP contribution is 2.13. The monoisotopic (exact) mass is 294 g/mol. The maximum Gasteiger partial charge on any atom is 0.417 e. The molecule has 0 aliphatic heterocycles. The summed E-state index contributed by atoms with van der Waals surface area (Å²) in [5.74, 6) is -0.671. The van der Waals surface area contributed by atoms with Crippen LogP contribution in [0.1, 0.15) is 26.3 Å². The molecule has 1 atom stereocenters. The summed E-state index contributed by atoms with van der Waals surface area (Å²) in [5.41, 5.74) is 5.56. The Morgan fingerprint density at radius 1 is 1.29 bits per heavy atom. The van der Waals surface area contributed by atoms with Crippen molar-refractivity contribution in [3.05, 3.63) is 35.9 Å². The Bertz CT molecular complexity index is 482. The van der Waals surface area contributed by atoms with Gasteiger partial charge in [-0.1, -0.05) is 30.3 Å². The molecule has 0 fully saturated rings. The molecular weight excluding hydrogens is 272 g/mol. The lowest BCUT2D eigenvalue weighted by molar-refractivity contribution is -0.133. The molecule has 0 aliphatic carbocycles. The summed E-state index contributed by atoms with van der Waals surface area (Å²) in [7, 11) is 0. The van der Waals surface area contributed by atoms with E-state index in [1.165, 1.54) is 0 Å². The summed E-state index contributed by atoms with van der Waals surface area (Å²) in [6, 6.07) is 7.87. The molecule has 0 saturated carbocycles. The fourth-order valence-corrected chi connectivity index (χ4v) is 1.59. The van der Waals surface area contributed by atoms with Crippen LogP contribution in [0.5, 0.6) is 0 Å². The second-order valence-corrected chi connectivity index (χ2v) is 5.68. The van der Waals surface area contributed by atoms with Crippen molar-refractivity contribution < 1.29 is 19.4 Å². The first-order chi connectivity index (χ1) is 9.74. The van der Waals surface area contributed by atoms with E-state index in [1.807, 2.05) is 6.07 Å². The average molecular weight is 294 g/mol. The van der Waals surface area contributed by atoms with Crippen LogP contribution >= 0.6 is 0 Å². The Balaban J connectivity index is 2.94. The quantitative estimate of drug-likeness (QED) is 0.872. The Kier molecular flexibility index (Phi) is 5.87. The third-order valence-corrected chi connectivity index (χ3v) is 2.58. The zero-order valence-corrected chi connectivity index (χ0v) is 12.6. The number of nitrogens with two attached hydrogens (primary N) is 1. The van der Waals surface area contributed by atoms with E-state index >= 15 is 0 Å². The third kappa shape index (κ3) is 5.53. The first-order valence-electron chi connectivity index (χ1n) is 6.69. The maximum absolute atomic E-state index is 12.2. The van der Waals surface area contributed by atoms with Crippen LogP contribution in [0, 0.1) is 0 Å². The van der Waals surface area contributed by atoms with E-state index in [0.29, 0.717) is 0 Å². The molecule has 2 amide bonds. The van der Waals surface area contributed by atoms with E-state index < -0.39 is 30.3 Å². The predicted octanol–water partition coefficient (Wildman–Crippen LogP) is 1.27. The lowest BCUT2D eigenvalue weighted by Crippen LogP contribution is -2.49. The highest BCUT2D eigenvalue weighted by atomic mass is 16.6. The lowest BCUT2D eigenvalue weighted by Gasteiger charge is -2.27. The highest BCUT2D eigenvalue weighted by Gasteiger charge is 2.30. The van der Waals surface area contributed by atoms with Gasteiger partial charge in [-0.05, 0) is 26.3 Å². The molecule has 0 heterocycles. The van der Waals surface area contributed by atoms with Gasteiger partial charge in [0.25, 0.3) is 5.91 Å². The van der Waals surface area contributed by atoms with Gasteiger partial charge in [0.05, 0.1) is 13.2 Å². The van der Waals surface area contributed by atoms with Crippen molar-refractivity contribution in [2.75, 3.05) is 6.61 Å². The molecule has 1 aromatic carbocycles. The number of rotatable bonds is 4. The van der Waals surface area contributed by atoms with E-state index in [0.717, 1.165) is 10.5 Å². The number of carbonyl (C=O) groups excluding carboxylic acids is 2. The van der Waals surface area contributed by atoms with E-state index in [1.54, 1.807) is 45.0 Å². The van der Waals surface area contributed by atoms with Crippen LogP contribution in [0.2, 0.25) is 0 Å². The maximum atomic E-state index is 12.2. The minimum atomic E-state index is -1.15. The number of aliphatic hydroxyl groups excluding tert-OH is 1. The van der Waals surface area contributed by atoms with Crippen molar-refractivity contribution in [3.63, 3.8) is 0 Å². The number of hydrogen-bond acceptors (Lipinski definition) is 5. The Morgan fingerprint density at radius 3 is 2.33 bits per heavy atom. The second-order valence-electron chi connectivity index (χ2n) is 5.68. The minimum absolute atomic E-state index is 0.0439. The number of benzene rings is 1. The molecule has 1 aromatic rings.